The summed E-state index contributed by atoms with van der Waals surface area (Å²) in [5, 5.41) is 0. The second-order valence-electron chi connectivity index (χ2n) is 6.14. The smallest absolute Gasteiger partial charge is 0.228 e. The Morgan fingerprint density at radius 3 is 1.20 bits per heavy atom. The molecular weight excluding hydrogens is 392 g/mol. The molecule has 0 amide bonds. The minimum atomic E-state index is -0.782. The number of carbonyl (C=O) groups excluding carboxylic acids is 4. The van der Waals surface area contributed by atoms with E-state index in [1.165, 1.54) is 64.8 Å². The molecule has 30 heavy (non-hydrogen) atoms. The second-order valence-corrected chi connectivity index (χ2v) is 6.14. The van der Waals surface area contributed by atoms with Gasteiger partial charge in [0.15, 0.2) is 23.0 Å². The first-order valence-corrected chi connectivity index (χ1v) is 8.95. The van der Waals surface area contributed by atoms with Crippen LogP contribution in [0.3, 0.4) is 0 Å². The third kappa shape index (κ3) is 5.02. The van der Waals surface area contributed by atoms with Gasteiger partial charge in [-0.2, -0.15) is 0 Å². The first kappa shape index (κ1) is 22.6. The van der Waals surface area contributed by atoms with Crippen LogP contribution in [0.25, 0.3) is 0 Å². The summed E-state index contributed by atoms with van der Waals surface area (Å²) in [5.74, 6) is -1.68. The molecule has 0 heterocycles. The maximum absolute atomic E-state index is 12.3. The summed E-state index contributed by atoms with van der Waals surface area (Å²) in [6.45, 7) is 0. The molecule has 8 heteroatoms. The SMILES string of the molecule is COc1ccc(C(=O)C(=O)CCC(=O)C(=O)c2ccc(OC)c(OC)c2)cc1OC. The minimum absolute atomic E-state index is 0.108. The van der Waals surface area contributed by atoms with Crippen molar-refractivity contribution < 1.29 is 38.1 Å². The Morgan fingerprint density at radius 1 is 0.567 bits per heavy atom. The normalized spacial score (nSPS) is 10.1. The molecule has 0 aliphatic heterocycles. The molecule has 0 aliphatic rings. The van der Waals surface area contributed by atoms with Crippen molar-refractivity contribution in [3.05, 3.63) is 47.5 Å². The monoisotopic (exact) mass is 414 g/mol. The summed E-state index contributed by atoms with van der Waals surface area (Å²) in [4.78, 5) is 49.1. The van der Waals surface area contributed by atoms with E-state index in [4.69, 9.17) is 18.9 Å². The fourth-order valence-corrected chi connectivity index (χ4v) is 2.73. The topological polar surface area (TPSA) is 105 Å². The first-order chi connectivity index (χ1) is 14.4. The van der Waals surface area contributed by atoms with Crippen molar-refractivity contribution >= 4 is 23.1 Å². The van der Waals surface area contributed by atoms with Crippen molar-refractivity contribution in [3.8, 4) is 23.0 Å². The quantitative estimate of drug-likeness (QED) is 0.408. The van der Waals surface area contributed by atoms with E-state index in [1.807, 2.05) is 0 Å². The van der Waals surface area contributed by atoms with Crippen molar-refractivity contribution in [2.75, 3.05) is 28.4 Å². The van der Waals surface area contributed by atoms with E-state index in [0.29, 0.717) is 23.0 Å². The maximum atomic E-state index is 12.3. The number of hydrogen-bond acceptors (Lipinski definition) is 8. The van der Waals surface area contributed by atoms with Gasteiger partial charge in [0.05, 0.1) is 28.4 Å². The first-order valence-electron chi connectivity index (χ1n) is 8.95. The molecule has 0 saturated carbocycles. The summed E-state index contributed by atoms with van der Waals surface area (Å²) in [6, 6.07) is 8.64. The van der Waals surface area contributed by atoms with Crippen LogP contribution in [-0.4, -0.2) is 51.6 Å². The highest BCUT2D eigenvalue weighted by Gasteiger charge is 2.23. The van der Waals surface area contributed by atoms with Crippen LogP contribution in [0.15, 0.2) is 36.4 Å². The summed E-state index contributed by atoms with van der Waals surface area (Å²) in [7, 11) is 5.72. The Labute approximate surface area is 173 Å². The molecule has 158 valence electrons. The third-order valence-electron chi connectivity index (χ3n) is 4.38. The number of benzene rings is 2. The molecule has 8 nitrogen and oxygen atoms in total. The molecule has 0 aromatic heterocycles. The van der Waals surface area contributed by atoms with Gasteiger partial charge >= 0.3 is 0 Å². The molecule has 0 spiro atoms. The minimum Gasteiger partial charge on any atom is -0.493 e. The fraction of sp³-hybridized carbons (Fsp3) is 0.273. The van der Waals surface area contributed by atoms with Gasteiger partial charge in [-0.25, -0.2) is 0 Å². The average Bonchev–Trinajstić information content (AvgIpc) is 2.80. The molecule has 0 saturated heterocycles. The fourth-order valence-electron chi connectivity index (χ4n) is 2.73. The molecule has 2 aromatic carbocycles. The summed E-state index contributed by atoms with van der Waals surface area (Å²) < 4.78 is 20.4. The summed E-state index contributed by atoms with van der Waals surface area (Å²) in [6.07, 6.45) is -0.768. The van der Waals surface area contributed by atoms with Gasteiger partial charge < -0.3 is 18.9 Å². The number of ketones is 4. The molecule has 0 radical (unpaired) electrons. The number of ether oxygens (including phenoxy) is 4. The van der Waals surface area contributed by atoms with Crippen LogP contribution in [0.4, 0.5) is 0 Å². The highest BCUT2D eigenvalue weighted by atomic mass is 16.5. The van der Waals surface area contributed by atoms with Crippen LogP contribution < -0.4 is 18.9 Å². The van der Waals surface area contributed by atoms with Crippen LogP contribution in [0, 0.1) is 0 Å². The lowest BCUT2D eigenvalue weighted by molar-refractivity contribution is -0.119. The van der Waals surface area contributed by atoms with Crippen LogP contribution in [0.2, 0.25) is 0 Å². The highest BCUT2D eigenvalue weighted by molar-refractivity contribution is 6.46. The van der Waals surface area contributed by atoms with Crippen molar-refractivity contribution in [1.29, 1.82) is 0 Å². The summed E-state index contributed by atoms with van der Waals surface area (Å²) >= 11 is 0. The molecule has 2 aromatic rings. The van der Waals surface area contributed by atoms with E-state index in [1.54, 1.807) is 0 Å². The Balaban J connectivity index is 2.04. The van der Waals surface area contributed by atoms with Crippen LogP contribution in [0.5, 0.6) is 23.0 Å². The largest absolute Gasteiger partial charge is 0.493 e. The number of methoxy groups -OCH3 is 4. The van der Waals surface area contributed by atoms with E-state index in [9.17, 15) is 19.2 Å². The standard InChI is InChI=1S/C22H22O8/c1-27-17-9-5-13(11-19(17)29-3)21(25)15(23)7-8-16(24)22(26)14-6-10-18(28-2)20(12-14)30-4/h5-6,9-12H,7-8H2,1-4H3. The lowest BCUT2D eigenvalue weighted by Crippen LogP contribution is -2.19. The zero-order valence-corrected chi connectivity index (χ0v) is 17.1. The number of Topliss-reactive ketones (excluding diaryl/α,β-unsaturated/α-hetero) is 4. The number of rotatable bonds is 11. The van der Waals surface area contributed by atoms with E-state index in [0.717, 1.165) is 0 Å². The van der Waals surface area contributed by atoms with Crippen LogP contribution in [0.1, 0.15) is 33.6 Å². The Morgan fingerprint density at radius 2 is 0.900 bits per heavy atom. The van der Waals surface area contributed by atoms with Crippen LogP contribution in [-0.2, 0) is 9.59 Å². The number of hydrogen-bond donors (Lipinski definition) is 0. The molecule has 0 aliphatic carbocycles. The predicted octanol–water partition coefficient (Wildman–Crippen LogP) is 2.71. The zero-order valence-electron chi connectivity index (χ0n) is 17.1. The van der Waals surface area contributed by atoms with Gasteiger partial charge in [-0.15, -0.1) is 0 Å². The van der Waals surface area contributed by atoms with Crippen LogP contribution >= 0.6 is 0 Å². The second kappa shape index (κ2) is 10.2. The van der Waals surface area contributed by atoms with E-state index in [2.05, 4.69) is 0 Å². The highest BCUT2D eigenvalue weighted by Crippen LogP contribution is 2.29. The van der Waals surface area contributed by atoms with Gasteiger partial charge in [0, 0.05) is 24.0 Å². The van der Waals surface area contributed by atoms with Gasteiger partial charge in [0.25, 0.3) is 0 Å². The van der Waals surface area contributed by atoms with E-state index >= 15 is 0 Å². The van der Waals surface area contributed by atoms with Crippen molar-refractivity contribution in [3.63, 3.8) is 0 Å². The Kier molecular flexibility index (Phi) is 7.69. The lowest BCUT2D eigenvalue weighted by atomic mass is 9.99. The predicted molar refractivity (Wildman–Crippen MR) is 107 cm³/mol. The average molecular weight is 414 g/mol. The molecular formula is C22H22O8. The van der Waals surface area contributed by atoms with Gasteiger partial charge in [-0.05, 0) is 36.4 Å². The Hall–Kier alpha value is -3.68. The molecule has 0 unspecified atom stereocenters. The van der Waals surface area contributed by atoms with E-state index < -0.39 is 23.1 Å². The van der Waals surface area contributed by atoms with E-state index in [-0.39, 0.29) is 24.0 Å². The molecule has 0 N–H and O–H groups in total. The molecule has 0 fully saturated rings. The lowest BCUT2D eigenvalue weighted by Gasteiger charge is -2.09. The molecule has 0 atom stereocenters. The van der Waals surface area contributed by atoms with Crippen molar-refractivity contribution in [2.45, 2.75) is 12.8 Å². The van der Waals surface area contributed by atoms with Gasteiger partial charge in [-0.3, -0.25) is 19.2 Å². The van der Waals surface area contributed by atoms with Crippen molar-refractivity contribution in [1.82, 2.24) is 0 Å². The third-order valence-corrected chi connectivity index (χ3v) is 4.38. The summed E-state index contributed by atoms with van der Waals surface area (Å²) in [5.41, 5.74) is 0.215. The molecule has 2 rings (SSSR count). The van der Waals surface area contributed by atoms with Gasteiger partial charge in [0.2, 0.25) is 23.1 Å². The number of carbonyl (C=O) groups is 4. The zero-order chi connectivity index (χ0) is 22.3. The van der Waals surface area contributed by atoms with Crippen molar-refractivity contribution in [2.24, 2.45) is 0 Å². The molecule has 0 bridgehead atoms. The maximum Gasteiger partial charge on any atom is 0.228 e. The van der Waals surface area contributed by atoms with Gasteiger partial charge in [0.1, 0.15) is 0 Å². The van der Waals surface area contributed by atoms with Gasteiger partial charge in [-0.1, -0.05) is 0 Å². The Bertz CT molecular complexity index is 898.